The Labute approximate surface area is 199 Å². The van der Waals surface area contributed by atoms with E-state index >= 15 is 0 Å². The zero-order valence-corrected chi connectivity index (χ0v) is 21.4. The van der Waals surface area contributed by atoms with E-state index in [1.807, 2.05) is 19.2 Å². The van der Waals surface area contributed by atoms with Crippen molar-refractivity contribution in [1.29, 1.82) is 0 Å². The largest absolute Gasteiger partial charge is 0.493 e. The first-order valence-electron chi connectivity index (χ1n) is 10.9. The molecule has 1 aliphatic rings. The Kier molecular flexibility index (Phi) is 14.1. The van der Waals surface area contributed by atoms with E-state index in [0.717, 1.165) is 75.9 Å². The van der Waals surface area contributed by atoms with Gasteiger partial charge in [-0.3, -0.25) is 4.99 Å². The Morgan fingerprint density at radius 3 is 2.57 bits per heavy atom. The van der Waals surface area contributed by atoms with Crippen LogP contribution in [0.5, 0.6) is 5.75 Å². The highest BCUT2D eigenvalue weighted by atomic mass is 127. The van der Waals surface area contributed by atoms with Crippen molar-refractivity contribution in [2.24, 2.45) is 10.9 Å². The average molecular weight is 533 g/mol. The van der Waals surface area contributed by atoms with E-state index in [1.165, 1.54) is 0 Å². The number of para-hydroxylation sites is 1. The molecule has 0 unspecified atom stereocenters. The van der Waals surface area contributed by atoms with Gasteiger partial charge in [0.2, 0.25) is 0 Å². The summed E-state index contributed by atoms with van der Waals surface area (Å²) in [5.41, 5.74) is 1.16. The van der Waals surface area contributed by atoms with Gasteiger partial charge in [-0.1, -0.05) is 32.0 Å². The lowest BCUT2D eigenvalue weighted by Gasteiger charge is -2.34. The van der Waals surface area contributed by atoms with Crippen molar-refractivity contribution in [3.8, 4) is 5.75 Å². The first kappa shape index (κ1) is 27.0. The SMILES string of the molecule is CN=C(NCc1ccccc1OCCC(C)C)N1CCC(OCCCOC)CC1.I. The maximum atomic E-state index is 6.01. The lowest BCUT2D eigenvalue weighted by molar-refractivity contribution is 0.00989. The number of hydrogen-bond donors (Lipinski definition) is 1. The zero-order valence-electron chi connectivity index (χ0n) is 19.1. The van der Waals surface area contributed by atoms with Gasteiger partial charge < -0.3 is 24.4 Å². The summed E-state index contributed by atoms with van der Waals surface area (Å²) in [5, 5.41) is 3.51. The molecule has 7 heteroatoms. The fourth-order valence-corrected chi connectivity index (χ4v) is 3.39. The van der Waals surface area contributed by atoms with Crippen molar-refractivity contribution in [2.75, 3.05) is 47.1 Å². The topological polar surface area (TPSA) is 55.3 Å². The molecule has 1 N–H and O–H groups in total. The van der Waals surface area contributed by atoms with Gasteiger partial charge >= 0.3 is 0 Å². The third kappa shape index (κ3) is 9.83. The number of nitrogens with one attached hydrogen (secondary N) is 1. The van der Waals surface area contributed by atoms with Crippen LogP contribution < -0.4 is 10.1 Å². The smallest absolute Gasteiger partial charge is 0.193 e. The predicted octanol–water partition coefficient (Wildman–Crippen LogP) is 4.32. The van der Waals surface area contributed by atoms with Crippen LogP contribution in [0.15, 0.2) is 29.3 Å². The van der Waals surface area contributed by atoms with Gasteiger partial charge in [-0.2, -0.15) is 0 Å². The number of benzene rings is 1. The molecule has 0 aliphatic carbocycles. The summed E-state index contributed by atoms with van der Waals surface area (Å²) in [6.07, 6.45) is 4.42. The van der Waals surface area contributed by atoms with Gasteiger partial charge in [-0.05, 0) is 37.7 Å². The van der Waals surface area contributed by atoms with Crippen molar-refractivity contribution < 1.29 is 14.2 Å². The molecule has 1 saturated heterocycles. The Morgan fingerprint density at radius 1 is 1.17 bits per heavy atom. The minimum atomic E-state index is 0. The zero-order chi connectivity index (χ0) is 20.9. The van der Waals surface area contributed by atoms with Gasteiger partial charge in [-0.25, -0.2) is 0 Å². The summed E-state index contributed by atoms with van der Waals surface area (Å²) in [6, 6.07) is 8.25. The molecule has 6 nitrogen and oxygen atoms in total. The quantitative estimate of drug-likeness (QED) is 0.199. The Hall–Kier alpha value is -1.06. The van der Waals surface area contributed by atoms with Gasteiger partial charge in [-0.15, -0.1) is 24.0 Å². The molecule has 0 atom stereocenters. The van der Waals surface area contributed by atoms with E-state index in [9.17, 15) is 0 Å². The number of methoxy groups -OCH3 is 1. The molecule has 1 aliphatic heterocycles. The third-order valence-corrected chi connectivity index (χ3v) is 5.16. The van der Waals surface area contributed by atoms with Gasteiger partial charge in [0.1, 0.15) is 5.75 Å². The Bertz CT molecular complexity index is 605. The van der Waals surface area contributed by atoms with Crippen molar-refractivity contribution in [3.63, 3.8) is 0 Å². The molecular weight excluding hydrogens is 493 g/mol. The van der Waals surface area contributed by atoms with Crippen molar-refractivity contribution in [2.45, 2.75) is 52.2 Å². The normalized spacial score (nSPS) is 15.2. The molecule has 1 aromatic rings. The summed E-state index contributed by atoms with van der Waals surface area (Å²) in [6.45, 7) is 9.35. The standard InChI is InChI=1S/C23H39N3O3.HI/c1-19(2)12-17-29-22-9-6-5-8-20(22)18-25-23(24-3)26-13-10-21(11-14-26)28-16-7-15-27-4;/h5-6,8-9,19,21H,7,10-18H2,1-4H3,(H,24,25);1H. The lowest BCUT2D eigenvalue weighted by atomic mass is 10.1. The number of hydrogen-bond acceptors (Lipinski definition) is 4. The molecule has 0 saturated carbocycles. The Balaban J connectivity index is 0.00000450. The van der Waals surface area contributed by atoms with Gasteiger partial charge in [0.05, 0.1) is 12.7 Å². The van der Waals surface area contributed by atoms with Gasteiger partial charge in [0.15, 0.2) is 5.96 Å². The van der Waals surface area contributed by atoms with E-state index < -0.39 is 0 Å². The number of guanidine groups is 1. The van der Waals surface area contributed by atoms with Crippen molar-refractivity contribution in [3.05, 3.63) is 29.8 Å². The summed E-state index contributed by atoms with van der Waals surface area (Å²) in [5.74, 6) is 2.55. The lowest BCUT2D eigenvalue weighted by Crippen LogP contribution is -2.46. The summed E-state index contributed by atoms with van der Waals surface area (Å²) in [4.78, 5) is 6.80. The molecular formula is C23H40IN3O3. The van der Waals surface area contributed by atoms with Crippen LogP contribution in [0.3, 0.4) is 0 Å². The van der Waals surface area contributed by atoms with E-state index in [1.54, 1.807) is 7.11 Å². The molecule has 0 radical (unpaired) electrons. The molecule has 1 heterocycles. The van der Waals surface area contributed by atoms with Crippen LogP contribution in [0.2, 0.25) is 0 Å². The molecule has 172 valence electrons. The van der Waals surface area contributed by atoms with Gasteiger partial charge in [0, 0.05) is 52.6 Å². The summed E-state index contributed by atoms with van der Waals surface area (Å²) < 4.78 is 17.0. The van der Waals surface area contributed by atoms with Crippen LogP contribution >= 0.6 is 24.0 Å². The molecule has 1 aromatic carbocycles. The second-order valence-electron chi connectivity index (χ2n) is 7.94. The van der Waals surface area contributed by atoms with Gasteiger partial charge in [0.25, 0.3) is 0 Å². The first-order chi connectivity index (χ1) is 14.1. The minimum absolute atomic E-state index is 0. The number of nitrogens with zero attached hydrogens (tertiary/aromatic N) is 2. The summed E-state index contributed by atoms with van der Waals surface area (Å²) in [7, 11) is 3.58. The first-order valence-corrected chi connectivity index (χ1v) is 10.9. The maximum Gasteiger partial charge on any atom is 0.193 e. The minimum Gasteiger partial charge on any atom is -0.493 e. The molecule has 0 bridgehead atoms. The van der Waals surface area contributed by atoms with E-state index in [0.29, 0.717) is 18.6 Å². The average Bonchev–Trinajstić information content (AvgIpc) is 2.73. The van der Waals surface area contributed by atoms with Crippen LogP contribution in [0.25, 0.3) is 0 Å². The van der Waals surface area contributed by atoms with Crippen LogP contribution in [0.1, 0.15) is 45.1 Å². The maximum absolute atomic E-state index is 6.01. The van der Waals surface area contributed by atoms with E-state index in [4.69, 9.17) is 14.2 Å². The number of aliphatic imine (C=N–C) groups is 1. The second-order valence-corrected chi connectivity index (χ2v) is 7.94. The van der Waals surface area contributed by atoms with Crippen LogP contribution in [0, 0.1) is 5.92 Å². The molecule has 0 spiro atoms. The fourth-order valence-electron chi connectivity index (χ4n) is 3.39. The highest BCUT2D eigenvalue weighted by molar-refractivity contribution is 14.0. The van der Waals surface area contributed by atoms with Crippen molar-refractivity contribution >= 4 is 29.9 Å². The monoisotopic (exact) mass is 533 g/mol. The number of halogens is 1. The highest BCUT2D eigenvalue weighted by Crippen LogP contribution is 2.19. The third-order valence-electron chi connectivity index (χ3n) is 5.16. The molecule has 1 fully saturated rings. The van der Waals surface area contributed by atoms with Crippen molar-refractivity contribution in [1.82, 2.24) is 10.2 Å². The Morgan fingerprint density at radius 2 is 1.90 bits per heavy atom. The predicted molar refractivity (Wildman–Crippen MR) is 134 cm³/mol. The number of rotatable bonds is 11. The van der Waals surface area contributed by atoms with E-state index in [2.05, 4.69) is 41.2 Å². The number of likely N-dealkylation sites (tertiary alicyclic amines) is 1. The highest BCUT2D eigenvalue weighted by Gasteiger charge is 2.22. The number of ether oxygens (including phenoxy) is 3. The number of piperidine rings is 1. The summed E-state index contributed by atoms with van der Waals surface area (Å²) >= 11 is 0. The van der Waals surface area contributed by atoms with Crippen LogP contribution in [-0.4, -0.2) is 64.0 Å². The second kappa shape index (κ2) is 15.7. The fraction of sp³-hybridized carbons (Fsp3) is 0.696. The molecule has 0 aromatic heterocycles. The molecule has 30 heavy (non-hydrogen) atoms. The molecule has 0 amide bonds. The van der Waals surface area contributed by atoms with E-state index in [-0.39, 0.29) is 24.0 Å². The van der Waals surface area contributed by atoms with Crippen LogP contribution in [-0.2, 0) is 16.0 Å². The van der Waals surface area contributed by atoms with Crippen LogP contribution in [0.4, 0.5) is 0 Å². The molecule has 2 rings (SSSR count).